The van der Waals surface area contributed by atoms with Crippen molar-refractivity contribution in [1.82, 2.24) is 9.97 Å². The Morgan fingerprint density at radius 2 is 1.90 bits per heavy atom. The Morgan fingerprint density at radius 3 is 2.62 bits per heavy atom. The molecular weight excluding hydrogens is 360 g/mol. The zero-order chi connectivity index (χ0) is 20.6. The van der Waals surface area contributed by atoms with Gasteiger partial charge in [0.15, 0.2) is 0 Å². The number of rotatable bonds is 7. The number of nitrogens with zero attached hydrogens (tertiary/aromatic N) is 3. The Balaban J connectivity index is 1.65. The van der Waals surface area contributed by atoms with Gasteiger partial charge in [0.05, 0.1) is 28.7 Å². The monoisotopic (exact) mass is 390 g/mol. The molecule has 0 atom stereocenters. The van der Waals surface area contributed by atoms with E-state index in [0.717, 1.165) is 59.6 Å². The van der Waals surface area contributed by atoms with Crippen LogP contribution in [0.15, 0.2) is 42.5 Å². The Labute approximate surface area is 172 Å². The van der Waals surface area contributed by atoms with Crippen LogP contribution >= 0.6 is 0 Å². The van der Waals surface area contributed by atoms with E-state index < -0.39 is 5.41 Å². The molecule has 5 nitrogen and oxygen atoms in total. The molecule has 0 aliphatic carbocycles. The summed E-state index contributed by atoms with van der Waals surface area (Å²) in [6.07, 6.45) is 3.32. The summed E-state index contributed by atoms with van der Waals surface area (Å²) < 4.78 is 0. The predicted molar refractivity (Wildman–Crippen MR) is 120 cm³/mol. The van der Waals surface area contributed by atoms with Gasteiger partial charge >= 0.3 is 0 Å². The molecule has 0 spiro atoms. The molecule has 152 valence electrons. The number of amides is 1. The lowest BCUT2D eigenvalue weighted by Gasteiger charge is -2.20. The van der Waals surface area contributed by atoms with Gasteiger partial charge in [-0.2, -0.15) is 0 Å². The number of fused-ring (bicyclic) bond motifs is 2. The first-order chi connectivity index (χ1) is 13.9. The predicted octanol–water partition coefficient (Wildman–Crippen LogP) is 5.01. The van der Waals surface area contributed by atoms with Gasteiger partial charge < -0.3 is 14.8 Å². The maximum atomic E-state index is 13.0. The van der Waals surface area contributed by atoms with Crippen LogP contribution in [-0.4, -0.2) is 29.5 Å². The van der Waals surface area contributed by atoms with Crippen molar-refractivity contribution in [3.63, 3.8) is 0 Å². The topological polar surface area (TPSA) is 52.2 Å². The minimum Gasteiger partial charge on any atom is -0.367 e. The van der Waals surface area contributed by atoms with E-state index in [4.69, 9.17) is 4.98 Å². The third-order valence-corrected chi connectivity index (χ3v) is 5.96. The second kappa shape index (κ2) is 7.54. The number of H-pyrrole nitrogens is 1. The largest absolute Gasteiger partial charge is 0.367 e. The van der Waals surface area contributed by atoms with Crippen LogP contribution in [0.25, 0.3) is 11.0 Å². The molecule has 5 heteroatoms. The van der Waals surface area contributed by atoms with Gasteiger partial charge in [-0.25, -0.2) is 4.98 Å². The van der Waals surface area contributed by atoms with Crippen molar-refractivity contribution in [3.05, 3.63) is 53.9 Å². The van der Waals surface area contributed by atoms with Gasteiger partial charge in [0.2, 0.25) is 5.91 Å². The van der Waals surface area contributed by atoms with Crippen LogP contribution in [0.1, 0.15) is 51.4 Å². The summed E-state index contributed by atoms with van der Waals surface area (Å²) in [4.78, 5) is 25.5. The molecule has 3 aromatic rings. The fraction of sp³-hybridized carbons (Fsp3) is 0.417. The molecule has 0 radical (unpaired) electrons. The number of benzene rings is 2. The van der Waals surface area contributed by atoms with Crippen molar-refractivity contribution >= 4 is 28.3 Å². The van der Waals surface area contributed by atoms with Gasteiger partial charge in [-0.1, -0.05) is 38.0 Å². The summed E-state index contributed by atoms with van der Waals surface area (Å²) in [5.41, 5.74) is 4.70. The third kappa shape index (κ3) is 3.50. The molecule has 0 saturated carbocycles. The SMILES string of the molecule is CCCCCN1C(=O)C(C)(C)c2cc3[nH]c(CN(C)c4ccccc4)nc3cc21. The van der Waals surface area contributed by atoms with Crippen molar-refractivity contribution in [1.29, 1.82) is 0 Å². The number of aromatic amines is 1. The molecular formula is C24H30N4O. The second-order valence-corrected chi connectivity index (χ2v) is 8.55. The highest BCUT2D eigenvalue weighted by Crippen LogP contribution is 2.43. The number of hydrogen-bond donors (Lipinski definition) is 1. The van der Waals surface area contributed by atoms with E-state index in [1.165, 1.54) is 0 Å². The van der Waals surface area contributed by atoms with Crippen molar-refractivity contribution in [2.24, 2.45) is 0 Å². The Bertz CT molecular complexity index is 1020. The number of para-hydroxylation sites is 1. The Kier molecular flexibility index (Phi) is 5.07. The summed E-state index contributed by atoms with van der Waals surface area (Å²) >= 11 is 0. The average Bonchev–Trinajstić information content (AvgIpc) is 3.18. The van der Waals surface area contributed by atoms with Crippen molar-refractivity contribution in [2.45, 2.75) is 52.0 Å². The lowest BCUT2D eigenvalue weighted by molar-refractivity contribution is -0.122. The van der Waals surface area contributed by atoms with Crippen LogP contribution in [0, 0.1) is 0 Å². The molecule has 0 fully saturated rings. The molecule has 1 aliphatic rings. The molecule has 1 N–H and O–H groups in total. The summed E-state index contributed by atoms with van der Waals surface area (Å²) in [5, 5.41) is 0. The van der Waals surface area contributed by atoms with Crippen molar-refractivity contribution in [2.75, 3.05) is 23.4 Å². The van der Waals surface area contributed by atoms with Gasteiger partial charge in [-0.05, 0) is 50.1 Å². The molecule has 4 rings (SSSR count). The van der Waals surface area contributed by atoms with Crippen LogP contribution < -0.4 is 9.80 Å². The van der Waals surface area contributed by atoms with E-state index in [1.807, 2.05) is 36.9 Å². The van der Waals surface area contributed by atoms with Crippen molar-refractivity contribution < 1.29 is 4.79 Å². The smallest absolute Gasteiger partial charge is 0.237 e. The first-order valence-electron chi connectivity index (χ1n) is 10.5. The van der Waals surface area contributed by atoms with Gasteiger partial charge in [0, 0.05) is 19.3 Å². The number of unbranched alkanes of at least 4 members (excludes halogenated alkanes) is 2. The van der Waals surface area contributed by atoms with Gasteiger partial charge in [-0.15, -0.1) is 0 Å². The first kappa shape index (κ1) is 19.5. The molecule has 1 aliphatic heterocycles. The quantitative estimate of drug-likeness (QED) is 0.577. The van der Waals surface area contributed by atoms with Crippen molar-refractivity contribution in [3.8, 4) is 0 Å². The highest BCUT2D eigenvalue weighted by atomic mass is 16.2. The van der Waals surface area contributed by atoms with Gasteiger partial charge in [0.1, 0.15) is 5.82 Å². The number of imidazole rings is 1. The highest BCUT2D eigenvalue weighted by molar-refractivity contribution is 6.09. The molecule has 1 amide bonds. The van der Waals surface area contributed by atoms with Crippen LogP contribution in [-0.2, 0) is 16.8 Å². The zero-order valence-electron chi connectivity index (χ0n) is 17.8. The van der Waals surface area contributed by atoms with E-state index >= 15 is 0 Å². The van der Waals surface area contributed by atoms with E-state index in [9.17, 15) is 4.79 Å². The lowest BCUT2D eigenvalue weighted by atomic mass is 9.86. The molecule has 0 bridgehead atoms. The minimum absolute atomic E-state index is 0.195. The van der Waals surface area contributed by atoms with Gasteiger partial charge in [-0.3, -0.25) is 4.79 Å². The Hall–Kier alpha value is -2.82. The number of nitrogens with one attached hydrogen (secondary N) is 1. The summed E-state index contributed by atoms with van der Waals surface area (Å²) in [6, 6.07) is 14.5. The number of aromatic nitrogens is 2. The van der Waals surface area contributed by atoms with Crippen LogP contribution in [0.2, 0.25) is 0 Å². The molecule has 0 unspecified atom stereocenters. The lowest BCUT2D eigenvalue weighted by Crippen LogP contribution is -2.36. The van der Waals surface area contributed by atoms with Crippen LogP contribution in [0.4, 0.5) is 11.4 Å². The fourth-order valence-electron chi connectivity index (χ4n) is 4.20. The fourth-order valence-corrected chi connectivity index (χ4v) is 4.20. The highest BCUT2D eigenvalue weighted by Gasteiger charge is 2.43. The molecule has 0 saturated heterocycles. The molecule has 2 heterocycles. The minimum atomic E-state index is -0.498. The molecule has 29 heavy (non-hydrogen) atoms. The standard InChI is InChI=1S/C24H30N4O/c1-5-6-10-13-28-21-15-20-19(14-18(21)24(2,3)23(28)29)25-22(26-20)16-27(4)17-11-8-7-9-12-17/h7-9,11-12,14-15H,5-6,10,13,16H2,1-4H3,(H,25,26). The molecule has 1 aromatic heterocycles. The average molecular weight is 391 g/mol. The number of carbonyl (C=O) groups is 1. The van der Waals surface area contributed by atoms with Crippen LogP contribution in [0.3, 0.4) is 0 Å². The number of hydrogen-bond acceptors (Lipinski definition) is 3. The normalized spacial score (nSPS) is 15.2. The number of carbonyl (C=O) groups excluding carboxylic acids is 1. The zero-order valence-corrected chi connectivity index (χ0v) is 17.8. The number of anilines is 2. The van der Waals surface area contributed by atoms with E-state index in [1.54, 1.807) is 0 Å². The summed E-state index contributed by atoms with van der Waals surface area (Å²) in [5.74, 6) is 1.12. The van der Waals surface area contributed by atoms with Crippen LogP contribution in [0.5, 0.6) is 0 Å². The second-order valence-electron chi connectivity index (χ2n) is 8.55. The maximum absolute atomic E-state index is 13.0. The van der Waals surface area contributed by atoms with Gasteiger partial charge in [0.25, 0.3) is 0 Å². The first-order valence-corrected chi connectivity index (χ1v) is 10.5. The summed E-state index contributed by atoms with van der Waals surface area (Å²) in [6.45, 7) is 7.72. The Morgan fingerprint density at radius 1 is 1.14 bits per heavy atom. The van der Waals surface area contributed by atoms with E-state index in [-0.39, 0.29) is 5.91 Å². The van der Waals surface area contributed by atoms with E-state index in [2.05, 4.69) is 48.1 Å². The summed E-state index contributed by atoms with van der Waals surface area (Å²) in [7, 11) is 2.07. The molecule has 2 aromatic carbocycles. The van der Waals surface area contributed by atoms with E-state index in [0.29, 0.717) is 6.54 Å². The maximum Gasteiger partial charge on any atom is 0.237 e. The third-order valence-electron chi connectivity index (χ3n) is 5.96.